The second kappa shape index (κ2) is 7.73. The Morgan fingerprint density at radius 2 is 2.00 bits per heavy atom. The molecule has 1 fully saturated rings. The molecule has 1 N–H and O–H groups in total. The molecule has 0 radical (unpaired) electrons. The largest absolute Gasteiger partial charge is 0.340 e. The number of rotatable bonds is 3. The van der Waals surface area contributed by atoms with Gasteiger partial charge in [-0.05, 0) is 18.1 Å². The van der Waals surface area contributed by atoms with Gasteiger partial charge < -0.3 is 10.2 Å². The molecule has 19 heavy (non-hydrogen) atoms. The third kappa shape index (κ3) is 4.37. The molecule has 1 unspecified atom stereocenters. The number of carbonyl (C=O) groups is 1. The van der Waals surface area contributed by atoms with Crippen LogP contribution in [0.1, 0.15) is 12.5 Å². The first kappa shape index (κ1) is 16.3. The summed E-state index contributed by atoms with van der Waals surface area (Å²) >= 11 is 6.12. The minimum Gasteiger partial charge on any atom is -0.340 e. The highest BCUT2D eigenvalue weighted by molar-refractivity contribution is 6.31. The molecule has 106 valence electrons. The fourth-order valence-corrected chi connectivity index (χ4v) is 2.49. The van der Waals surface area contributed by atoms with Crippen LogP contribution in [0, 0.1) is 5.92 Å². The average Bonchev–Trinajstić information content (AvgIpc) is 2.41. The van der Waals surface area contributed by atoms with Crippen LogP contribution in [0.15, 0.2) is 24.3 Å². The molecular weight excluding hydrogens is 283 g/mol. The topological polar surface area (TPSA) is 32.3 Å². The van der Waals surface area contributed by atoms with Crippen molar-refractivity contribution in [3.05, 3.63) is 34.9 Å². The van der Waals surface area contributed by atoms with Gasteiger partial charge in [-0.15, -0.1) is 12.4 Å². The molecule has 2 rings (SSSR count). The van der Waals surface area contributed by atoms with Crippen LogP contribution >= 0.6 is 24.0 Å². The molecule has 1 aromatic rings. The van der Waals surface area contributed by atoms with E-state index in [1.165, 1.54) is 0 Å². The van der Waals surface area contributed by atoms with Crippen LogP contribution in [-0.4, -0.2) is 37.0 Å². The van der Waals surface area contributed by atoms with Gasteiger partial charge in [-0.3, -0.25) is 4.79 Å². The van der Waals surface area contributed by atoms with Crippen LogP contribution in [0.3, 0.4) is 0 Å². The Balaban J connectivity index is 0.00000180. The van der Waals surface area contributed by atoms with E-state index in [2.05, 4.69) is 5.32 Å². The van der Waals surface area contributed by atoms with E-state index < -0.39 is 0 Å². The lowest BCUT2D eigenvalue weighted by Crippen LogP contribution is -2.48. The van der Waals surface area contributed by atoms with Gasteiger partial charge in [0.25, 0.3) is 0 Å². The molecule has 0 aliphatic carbocycles. The number of halogens is 2. The summed E-state index contributed by atoms with van der Waals surface area (Å²) in [7, 11) is 0. The van der Waals surface area contributed by atoms with Crippen molar-refractivity contribution in [2.75, 3.05) is 26.2 Å². The normalized spacial score (nSPS) is 16.6. The summed E-state index contributed by atoms with van der Waals surface area (Å²) in [6, 6.07) is 7.74. The summed E-state index contributed by atoms with van der Waals surface area (Å²) in [6.45, 7) is 5.39. The molecule has 1 aromatic carbocycles. The number of nitrogens with one attached hydrogen (secondary N) is 1. The first-order valence-electron chi connectivity index (χ1n) is 6.41. The Morgan fingerprint density at radius 3 is 2.63 bits per heavy atom. The molecule has 1 aliphatic rings. The standard InChI is InChI=1S/C14H19ClN2O.ClH/c1-11(10-12-4-2-3-5-13(12)15)14(18)17-8-6-16-7-9-17;/h2-5,11,16H,6-10H2,1H3;1H. The molecule has 1 aliphatic heterocycles. The van der Waals surface area contributed by atoms with Gasteiger partial charge >= 0.3 is 0 Å². The Kier molecular flexibility index (Phi) is 6.63. The van der Waals surface area contributed by atoms with Crippen LogP contribution in [0.5, 0.6) is 0 Å². The molecular formula is C14H20Cl2N2O. The van der Waals surface area contributed by atoms with E-state index in [0.29, 0.717) is 6.42 Å². The van der Waals surface area contributed by atoms with Crippen molar-refractivity contribution in [1.82, 2.24) is 10.2 Å². The van der Waals surface area contributed by atoms with Crippen LogP contribution in [0.4, 0.5) is 0 Å². The van der Waals surface area contributed by atoms with Crippen molar-refractivity contribution in [2.45, 2.75) is 13.3 Å². The van der Waals surface area contributed by atoms with Crippen molar-refractivity contribution in [2.24, 2.45) is 5.92 Å². The van der Waals surface area contributed by atoms with Crippen LogP contribution < -0.4 is 5.32 Å². The summed E-state index contributed by atoms with van der Waals surface area (Å²) in [5.41, 5.74) is 1.05. The minimum absolute atomic E-state index is 0. The van der Waals surface area contributed by atoms with E-state index >= 15 is 0 Å². The van der Waals surface area contributed by atoms with Crippen molar-refractivity contribution in [1.29, 1.82) is 0 Å². The SMILES string of the molecule is CC(Cc1ccccc1Cl)C(=O)N1CCNCC1.Cl. The van der Waals surface area contributed by atoms with Crippen molar-refractivity contribution >= 4 is 29.9 Å². The Labute approximate surface area is 125 Å². The first-order chi connectivity index (χ1) is 8.68. The van der Waals surface area contributed by atoms with Crippen LogP contribution in [0.2, 0.25) is 5.02 Å². The fraction of sp³-hybridized carbons (Fsp3) is 0.500. The zero-order valence-corrected chi connectivity index (χ0v) is 12.6. The molecule has 0 aromatic heterocycles. The predicted octanol–water partition coefficient (Wildman–Crippen LogP) is 2.37. The maximum Gasteiger partial charge on any atom is 0.225 e. The van der Waals surface area contributed by atoms with Gasteiger partial charge in [0.15, 0.2) is 0 Å². The lowest BCUT2D eigenvalue weighted by atomic mass is 9.99. The summed E-state index contributed by atoms with van der Waals surface area (Å²) < 4.78 is 0. The maximum absolute atomic E-state index is 12.3. The van der Waals surface area contributed by atoms with E-state index in [9.17, 15) is 4.79 Å². The number of piperazine rings is 1. The van der Waals surface area contributed by atoms with Gasteiger partial charge in [-0.1, -0.05) is 36.7 Å². The number of nitrogens with zero attached hydrogens (tertiary/aromatic N) is 1. The lowest BCUT2D eigenvalue weighted by molar-refractivity contribution is -0.135. The minimum atomic E-state index is -0.0111. The molecule has 1 saturated heterocycles. The second-order valence-electron chi connectivity index (χ2n) is 4.77. The lowest BCUT2D eigenvalue weighted by Gasteiger charge is -2.30. The number of amides is 1. The number of hydrogen-bond donors (Lipinski definition) is 1. The maximum atomic E-state index is 12.3. The molecule has 0 spiro atoms. The van der Waals surface area contributed by atoms with Crippen LogP contribution in [-0.2, 0) is 11.2 Å². The highest BCUT2D eigenvalue weighted by Gasteiger charge is 2.22. The van der Waals surface area contributed by atoms with E-state index in [1.54, 1.807) is 0 Å². The van der Waals surface area contributed by atoms with E-state index in [-0.39, 0.29) is 24.2 Å². The molecule has 1 atom stereocenters. The monoisotopic (exact) mass is 302 g/mol. The fourth-order valence-electron chi connectivity index (χ4n) is 2.28. The zero-order chi connectivity index (χ0) is 13.0. The summed E-state index contributed by atoms with van der Waals surface area (Å²) in [4.78, 5) is 14.2. The van der Waals surface area contributed by atoms with Crippen LogP contribution in [0.25, 0.3) is 0 Å². The Hall–Kier alpha value is -0.770. The van der Waals surface area contributed by atoms with Gasteiger partial charge in [0.05, 0.1) is 0 Å². The highest BCUT2D eigenvalue weighted by atomic mass is 35.5. The van der Waals surface area contributed by atoms with Gasteiger partial charge in [-0.25, -0.2) is 0 Å². The first-order valence-corrected chi connectivity index (χ1v) is 6.79. The number of benzene rings is 1. The molecule has 1 amide bonds. The number of carbonyl (C=O) groups excluding carboxylic acids is 1. The third-order valence-corrected chi connectivity index (χ3v) is 3.70. The Morgan fingerprint density at radius 1 is 1.37 bits per heavy atom. The van der Waals surface area contributed by atoms with Crippen molar-refractivity contribution in [3.63, 3.8) is 0 Å². The van der Waals surface area contributed by atoms with E-state index in [0.717, 1.165) is 36.8 Å². The smallest absolute Gasteiger partial charge is 0.225 e. The third-order valence-electron chi connectivity index (χ3n) is 3.33. The molecule has 3 nitrogen and oxygen atoms in total. The Bertz CT molecular complexity index is 420. The summed E-state index contributed by atoms with van der Waals surface area (Å²) in [6.07, 6.45) is 0.711. The molecule has 1 heterocycles. The van der Waals surface area contributed by atoms with E-state index in [4.69, 9.17) is 11.6 Å². The summed E-state index contributed by atoms with van der Waals surface area (Å²) in [5.74, 6) is 0.222. The quantitative estimate of drug-likeness (QED) is 0.930. The van der Waals surface area contributed by atoms with Gasteiger partial charge in [-0.2, -0.15) is 0 Å². The average molecular weight is 303 g/mol. The molecule has 5 heteroatoms. The van der Waals surface area contributed by atoms with E-state index in [1.807, 2.05) is 36.1 Å². The predicted molar refractivity (Wildman–Crippen MR) is 81.0 cm³/mol. The second-order valence-corrected chi connectivity index (χ2v) is 5.18. The number of hydrogen-bond acceptors (Lipinski definition) is 2. The van der Waals surface area contributed by atoms with Gasteiger partial charge in [0.1, 0.15) is 0 Å². The molecule has 0 saturated carbocycles. The van der Waals surface area contributed by atoms with Crippen molar-refractivity contribution < 1.29 is 4.79 Å². The summed E-state index contributed by atoms with van der Waals surface area (Å²) in [5, 5.41) is 4.00. The zero-order valence-electron chi connectivity index (χ0n) is 11.1. The van der Waals surface area contributed by atoms with Gasteiger partial charge in [0.2, 0.25) is 5.91 Å². The van der Waals surface area contributed by atoms with Gasteiger partial charge in [0, 0.05) is 37.1 Å². The van der Waals surface area contributed by atoms with Crippen molar-refractivity contribution in [3.8, 4) is 0 Å². The highest BCUT2D eigenvalue weighted by Crippen LogP contribution is 2.19. The molecule has 0 bridgehead atoms.